The molecular formula is C10H15ClSi. The Balaban J connectivity index is 3.31. The molecule has 1 rings (SSSR count). The summed E-state index contributed by atoms with van der Waals surface area (Å²) in [5.74, 6) is 0. The number of hydrogen-bond donors (Lipinski definition) is 0. The topological polar surface area (TPSA) is 0 Å². The first-order chi connectivity index (χ1) is 5.43. The first-order valence-electron chi connectivity index (χ1n) is 4.18. The molecule has 0 nitrogen and oxygen atoms in total. The highest BCUT2D eigenvalue weighted by Crippen LogP contribution is 2.13. The number of benzene rings is 1. The molecule has 0 saturated heterocycles. The van der Waals surface area contributed by atoms with Crippen LogP contribution in [0.25, 0.3) is 0 Å². The fourth-order valence-electron chi connectivity index (χ4n) is 1.75. The van der Waals surface area contributed by atoms with Gasteiger partial charge in [-0.2, -0.15) is 11.1 Å². The van der Waals surface area contributed by atoms with Gasteiger partial charge in [0.1, 0.15) is 0 Å². The number of rotatable bonds is 1. The fourth-order valence-corrected chi connectivity index (χ4v) is 4.69. The molecule has 0 bridgehead atoms. The average Bonchev–Trinajstić information content (AvgIpc) is 1.82. The van der Waals surface area contributed by atoms with Crippen molar-refractivity contribution in [2.75, 3.05) is 0 Å². The summed E-state index contributed by atoms with van der Waals surface area (Å²) in [5, 5.41) is 1.40. The van der Waals surface area contributed by atoms with Crippen molar-refractivity contribution in [1.82, 2.24) is 0 Å². The van der Waals surface area contributed by atoms with E-state index in [4.69, 9.17) is 11.1 Å². The van der Waals surface area contributed by atoms with Crippen LogP contribution in [0.5, 0.6) is 0 Å². The predicted octanol–water partition coefficient (Wildman–Crippen LogP) is 2.95. The zero-order valence-electron chi connectivity index (χ0n) is 8.11. The van der Waals surface area contributed by atoms with Gasteiger partial charge < -0.3 is 0 Å². The molecule has 0 aliphatic heterocycles. The Kier molecular flexibility index (Phi) is 2.64. The standard InChI is InChI=1S/C10H15ClSi/c1-8-6-5-7-9(2)10(8)12(3,4)11/h5-7H,1-4H3. The van der Waals surface area contributed by atoms with Gasteiger partial charge in [-0.1, -0.05) is 42.4 Å². The van der Waals surface area contributed by atoms with Crippen LogP contribution in [0.1, 0.15) is 11.1 Å². The van der Waals surface area contributed by atoms with Gasteiger partial charge in [-0.05, 0) is 19.0 Å². The molecule has 0 spiro atoms. The smallest absolute Gasteiger partial charge is 0.161 e. The highest BCUT2D eigenvalue weighted by molar-refractivity contribution is 7.26. The summed E-state index contributed by atoms with van der Waals surface area (Å²) in [4.78, 5) is 0. The molecule has 0 fully saturated rings. The Morgan fingerprint density at radius 2 is 1.50 bits per heavy atom. The lowest BCUT2D eigenvalue weighted by Crippen LogP contribution is -2.39. The molecule has 0 aromatic heterocycles. The second-order valence-electron chi connectivity index (χ2n) is 3.74. The quantitative estimate of drug-likeness (QED) is 0.481. The van der Waals surface area contributed by atoms with Gasteiger partial charge in [-0.25, -0.2) is 0 Å². The van der Waals surface area contributed by atoms with Gasteiger partial charge >= 0.3 is 0 Å². The van der Waals surface area contributed by atoms with Gasteiger partial charge in [-0.15, -0.1) is 0 Å². The Labute approximate surface area is 80.3 Å². The van der Waals surface area contributed by atoms with E-state index in [2.05, 4.69) is 45.1 Å². The molecule has 0 aliphatic rings. The minimum Gasteiger partial charge on any atom is -0.161 e. The van der Waals surface area contributed by atoms with Gasteiger partial charge in [0.15, 0.2) is 7.38 Å². The molecule has 66 valence electrons. The van der Waals surface area contributed by atoms with Crippen LogP contribution in [-0.4, -0.2) is 7.38 Å². The molecule has 0 aliphatic carbocycles. The minimum absolute atomic E-state index is 1.33. The second-order valence-corrected chi connectivity index (χ2v) is 10.0. The number of aryl methyl sites for hydroxylation is 2. The summed E-state index contributed by atoms with van der Waals surface area (Å²) in [6, 6.07) is 6.37. The van der Waals surface area contributed by atoms with E-state index in [0.29, 0.717) is 0 Å². The zero-order chi connectivity index (χ0) is 9.35. The highest BCUT2D eigenvalue weighted by Gasteiger charge is 2.23. The van der Waals surface area contributed by atoms with E-state index in [9.17, 15) is 0 Å². The van der Waals surface area contributed by atoms with Crippen LogP contribution in [0.3, 0.4) is 0 Å². The predicted molar refractivity (Wildman–Crippen MR) is 58.9 cm³/mol. The monoisotopic (exact) mass is 198 g/mol. The van der Waals surface area contributed by atoms with Gasteiger partial charge in [0.05, 0.1) is 0 Å². The fraction of sp³-hybridized carbons (Fsp3) is 0.400. The Morgan fingerprint density at radius 1 is 1.08 bits per heavy atom. The molecule has 0 radical (unpaired) electrons. The molecule has 2 heteroatoms. The third-order valence-corrected chi connectivity index (χ3v) is 4.62. The largest absolute Gasteiger partial charge is 0.181 e. The summed E-state index contributed by atoms with van der Waals surface area (Å²) in [6.45, 7) is 8.62. The maximum Gasteiger partial charge on any atom is 0.181 e. The van der Waals surface area contributed by atoms with Crippen molar-refractivity contribution in [2.24, 2.45) is 0 Å². The molecule has 12 heavy (non-hydrogen) atoms. The van der Waals surface area contributed by atoms with Crippen molar-refractivity contribution in [1.29, 1.82) is 0 Å². The van der Waals surface area contributed by atoms with E-state index in [1.807, 2.05) is 0 Å². The third-order valence-electron chi connectivity index (χ3n) is 2.08. The maximum absolute atomic E-state index is 6.41. The van der Waals surface area contributed by atoms with Crippen LogP contribution < -0.4 is 5.19 Å². The Morgan fingerprint density at radius 3 is 1.75 bits per heavy atom. The van der Waals surface area contributed by atoms with E-state index in [1.54, 1.807) is 0 Å². The van der Waals surface area contributed by atoms with E-state index in [1.165, 1.54) is 16.3 Å². The summed E-state index contributed by atoms with van der Waals surface area (Å²) in [5.41, 5.74) is 2.67. The van der Waals surface area contributed by atoms with Gasteiger partial charge in [0, 0.05) is 0 Å². The third kappa shape index (κ3) is 1.90. The van der Waals surface area contributed by atoms with Gasteiger partial charge in [-0.3, -0.25) is 0 Å². The summed E-state index contributed by atoms with van der Waals surface area (Å²) < 4.78 is 0. The summed E-state index contributed by atoms with van der Waals surface area (Å²) in [6.07, 6.45) is 0. The van der Waals surface area contributed by atoms with E-state index < -0.39 is 7.38 Å². The van der Waals surface area contributed by atoms with Crippen molar-refractivity contribution >= 4 is 23.6 Å². The first-order valence-corrected chi connectivity index (χ1v) is 8.19. The van der Waals surface area contributed by atoms with Crippen molar-refractivity contribution in [3.8, 4) is 0 Å². The first kappa shape index (κ1) is 9.81. The van der Waals surface area contributed by atoms with Gasteiger partial charge in [0.2, 0.25) is 0 Å². The molecule has 0 N–H and O–H groups in total. The van der Waals surface area contributed by atoms with Crippen molar-refractivity contribution in [2.45, 2.75) is 26.9 Å². The van der Waals surface area contributed by atoms with Gasteiger partial charge in [0.25, 0.3) is 0 Å². The SMILES string of the molecule is Cc1cccc(C)c1[Si](C)(C)Cl. The summed E-state index contributed by atoms with van der Waals surface area (Å²) >= 11 is 6.41. The molecule has 0 amide bonds. The van der Waals surface area contributed by atoms with Crippen molar-refractivity contribution < 1.29 is 0 Å². The molecule has 0 unspecified atom stereocenters. The summed E-state index contributed by atoms with van der Waals surface area (Å²) in [7, 11) is -1.65. The van der Waals surface area contributed by atoms with E-state index >= 15 is 0 Å². The minimum atomic E-state index is -1.65. The lowest BCUT2D eigenvalue weighted by molar-refractivity contribution is 1.42. The van der Waals surface area contributed by atoms with E-state index in [-0.39, 0.29) is 0 Å². The van der Waals surface area contributed by atoms with E-state index in [0.717, 1.165) is 0 Å². The molecule has 1 aromatic rings. The normalized spacial score (nSPS) is 11.8. The number of halogens is 1. The van der Waals surface area contributed by atoms with Crippen molar-refractivity contribution in [3.05, 3.63) is 29.3 Å². The van der Waals surface area contributed by atoms with Crippen LogP contribution in [-0.2, 0) is 0 Å². The molecule has 0 atom stereocenters. The lowest BCUT2D eigenvalue weighted by Gasteiger charge is -2.19. The van der Waals surface area contributed by atoms with Crippen molar-refractivity contribution in [3.63, 3.8) is 0 Å². The highest BCUT2D eigenvalue weighted by atomic mass is 35.6. The Bertz CT molecular complexity index is 266. The van der Waals surface area contributed by atoms with Crippen LogP contribution >= 0.6 is 11.1 Å². The zero-order valence-corrected chi connectivity index (χ0v) is 9.87. The molecule has 0 saturated carbocycles. The van der Waals surface area contributed by atoms with Crippen LogP contribution in [0.2, 0.25) is 13.1 Å². The lowest BCUT2D eigenvalue weighted by atomic mass is 10.2. The van der Waals surface area contributed by atoms with Crippen LogP contribution in [0, 0.1) is 13.8 Å². The number of hydrogen-bond acceptors (Lipinski definition) is 0. The molecule has 1 aromatic carbocycles. The molecule has 0 heterocycles. The molecular weight excluding hydrogens is 184 g/mol. The second kappa shape index (κ2) is 3.23. The maximum atomic E-state index is 6.41. The average molecular weight is 199 g/mol. The Hall–Kier alpha value is -0.273. The van der Waals surface area contributed by atoms with Crippen LogP contribution in [0.15, 0.2) is 18.2 Å². The van der Waals surface area contributed by atoms with Crippen LogP contribution in [0.4, 0.5) is 0 Å².